The van der Waals surface area contributed by atoms with Crippen LogP contribution in [0.15, 0.2) is 91.6 Å². The number of phenols is 1. The number of hydrazine groups is 1. The van der Waals surface area contributed by atoms with E-state index in [0.717, 1.165) is 65.4 Å². The highest BCUT2D eigenvalue weighted by Crippen LogP contribution is 2.37. The third-order valence-electron chi connectivity index (χ3n) is 10.3. The Kier molecular flexibility index (Phi) is 10.1. The number of hydrogen-bond acceptors (Lipinski definition) is 6. The van der Waals surface area contributed by atoms with Crippen LogP contribution < -0.4 is 5.32 Å². The molecule has 4 aromatic rings. The fraction of sp³-hybridized carbons (Fsp3) is 0.366. The summed E-state index contributed by atoms with van der Waals surface area (Å²) < 4.78 is 2.16. The Morgan fingerprint density at radius 3 is 2.46 bits per heavy atom. The number of aromatic hydroxyl groups is 1. The van der Waals surface area contributed by atoms with E-state index in [1.54, 1.807) is 50.2 Å². The number of piperazine rings is 1. The van der Waals surface area contributed by atoms with Gasteiger partial charge in [-0.05, 0) is 48.1 Å². The van der Waals surface area contributed by atoms with Crippen molar-refractivity contribution in [3.63, 3.8) is 0 Å². The summed E-state index contributed by atoms with van der Waals surface area (Å²) >= 11 is 0. The quantitative estimate of drug-likeness (QED) is 0.141. The van der Waals surface area contributed by atoms with Crippen molar-refractivity contribution in [2.24, 2.45) is 5.92 Å². The maximum atomic E-state index is 14.7. The average Bonchev–Trinajstić information content (AvgIpc) is 3.93. The van der Waals surface area contributed by atoms with Crippen LogP contribution in [-0.2, 0) is 35.6 Å². The lowest BCUT2D eigenvalue weighted by molar-refractivity contribution is -0.189. The van der Waals surface area contributed by atoms with Crippen molar-refractivity contribution in [1.29, 1.82) is 0 Å². The number of aryl methyl sites for hydroxylation is 1. The SMILES string of the molecule is C=CCN1CC(=O)N2C(Cc3ccc(O)cc3)C(=O)N(Cc3cccc4c(C(=O)C5CC5)cn(CCCC)c34)CC2N1C(=O)NCc1ccccc1. The molecule has 3 heterocycles. The Labute approximate surface area is 304 Å². The van der Waals surface area contributed by atoms with Gasteiger partial charge in [-0.15, -0.1) is 6.58 Å². The first-order valence-corrected chi connectivity index (χ1v) is 18.3. The topological polar surface area (TPSA) is 118 Å². The number of urea groups is 1. The van der Waals surface area contributed by atoms with Gasteiger partial charge in [0.2, 0.25) is 11.8 Å². The van der Waals surface area contributed by atoms with Crippen LogP contribution in [0.25, 0.3) is 10.9 Å². The number of benzene rings is 3. The number of Topliss-reactive ketones (excluding diaryl/α,β-unsaturated/α-hetero) is 1. The number of fused-ring (bicyclic) bond motifs is 2. The fourth-order valence-corrected chi connectivity index (χ4v) is 7.59. The lowest BCUT2D eigenvalue weighted by atomic mass is 9.97. The summed E-state index contributed by atoms with van der Waals surface area (Å²) in [6.45, 7) is 7.54. The summed E-state index contributed by atoms with van der Waals surface area (Å²) in [6.07, 6.45) is 6.82. The number of nitrogens with zero attached hydrogens (tertiary/aromatic N) is 5. The van der Waals surface area contributed by atoms with Gasteiger partial charge in [-0.1, -0.05) is 80.1 Å². The zero-order valence-electron chi connectivity index (χ0n) is 29.6. The molecule has 11 heteroatoms. The van der Waals surface area contributed by atoms with Gasteiger partial charge in [0.25, 0.3) is 0 Å². The van der Waals surface area contributed by atoms with Gasteiger partial charge in [-0.3, -0.25) is 14.4 Å². The molecule has 3 aromatic carbocycles. The Balaban J connectivity index is 1.27. The molecule has 0 spiro atoms. The van der Waals surface area contributed by atoms with Crippen LogP contribution in [0, 0.1) is 5.92 Å². The number of phenolic OH excluding ortho intramolecular Hbond substituents is 1. The molecule has 2 saturated heterocycles. The van der Waals surface area contributed by atoms with Gasteiger partial charge in [0, 0.05) is 55.7 Å². The number of aromatic nitrogens is 1. The van der Waals surface area contributed by atoms with Gasteiger partial charge in [0.1, 0.15) is 18.0 Å². The molecule has 2 unspecified atom stereocenters. The van der Waals surface area contributed by atoms with E-state index in [0.29, 0.717) is 0 Å². The Morgan fingerprint density at radius 1 is 0.981 bits per heavy atom. The highest BCUT2D eigenvalue weighted by atomic mass is 16.3. The number of hydrogen-bond donors (Lipinski definition) is 2. The van der Waals surface area contributed by atoms with E-state index in [4.69, 9.17) is 0 Å². The van der Waals surface area contributed by atoms with E-state index < -0.39 is 12.2 Å². The number of amides is 4. The van der Waals surface area contributed by atoms with Crippen LogP contribution in [-0.4, -0.2) is 85.0 Å². The smallest absolute Gasteiger partial charge is 0.334 e. The second-order valence-corrected chi connectivity index (χ2v) is 14.1. The largest absolute Gasteiger partial charge is 0.508 e. The molecule has 7 rings (SSSR count). The summed E-state index contributed by atoms with van der Waals surface area (Å²) in [5, 5.41) is 17.2. The minimum Gasteiger partial charge on any atom is -0.508 e. The molecule has 1 saturated carbocycles. The first-order chi connectivity index (χ1) is 25.3. The third kappa shape index (κ3) is 7.05. The van der Waals surface area contributed by atoms with E-state index in [-0.39, 0.29) is 74.4 Å². The minimum absolute atomic E-state index is 0.0746. The molecule has 2 aliphatic heterocycles. The number of para-hydroxylation sites is 1. The minimum atomic E-state index is -0.899. The molecule has 2 atom stereocenters. The van der Waals surface area contributed by atoms with Crippen LogP contribution in [0.1, 0.15) is 59.7 Å². The van der Waals surface area contributed by atoms with Gasteiger partial charge < -0.3 is 24.8 Å². The number of rotatable bonds is 13. The second-order valence-electron chi connectivity index (χ2n) is 14.1. The molecule has 52 heavy (non-hydrogen) atoms. The van der Waals surface area contributed by atoms with Gasteiger partial charge >= 0.3 is 6.03 Å². The molecule has 3 fully saturated rings. The molecule has 0 radical (unpaired) electrons. The predicted molar refractivity (Wildman–Crippen MR) is 198 cm³/mol. The van der Waals surface area contributed by atoms with Crippen molar-refractivity contribution in [3.8, 4) is 5.75 Å². The molecule has 11 nitrogen and oxygen atoms in total. The van der Waals surface area contributed by atoms with Crippen LogP contribution in [0.4, 0.5) is 4.79 Å². The van der Waals surface area contributed by atoms with Crippen molar-refractivity contribution >= 4 is 34.5 Å². The van der Waals surface area contributed by atoms with Gasteiger partial charge in [0.05, 0.1) is 18.6 Å². The predicted octanol–water partition coefficient (Wildman–Crippen LogP) is 5.48. The monoisotopic (exact) mass is 702 g/mol. The fourth-order valence-electron chi connectivity index (χ4n) is 7.59. The van der Waals surface area contributed by atoms with Crippen molar-refractivity contribution in [1.82, 2.24) is 29.7 Å². The third-order valence-corrected chi connectivity index (χ3v) is 10.3. The van der Waals surface area contributed by atoms with Gasteiger partial charge in [-0.25, -0.2) is 14.8 Å². The standard InChI is InChI=1S/C41H46N6O5/c1-3-5-21-43-25-34(39(50)30-16-17-30)33-13-9-12-31(38(33)43)24-44-26-36-46(35(40(44)51)22-28-14-18-32(48)19-15-28)37(49)27-45(20-4-2)47(36)41(52)42-23-29-10-7-6-8-11-29/h4,6-15,18-19,25,30,35-36,48H,2-3,5,16-17,20-24,26-27H2,1H3,(H,42,52). The molecule has 0 bridgehead atoms. The number of unbranched alkanes of at least 4 members (excludes halogenated alkanes) is 1. The Bertz CT molecular complexity index is 1970. The Morgan fingerprint density at radius 2 is 1.75 bits per heavy atom. The van der Waals surface area contributed by atoms with Crippen molar-refractivity contribution < 1.29 is 24.3 Å². The maximum Gasteiger partial charge on any atom is 0.334 e. The van der Waals surface area contributed by atoms with Gasteiger partial charge in [0.15, 0.2) is 5.78 Å². The van der Waals surface area contributed by atoms with Crippen LogP contribution in [0.2, 0.25) is 0 Å². The van der Waals surface area contributed by atoms with E-state index in [1.165, 1.54) is 0 Å². The first kappa shape index (κ1) is 35.0. The van der Waals surface area contributed by atoms with Gasteiger partial charge in [-0.2, -0.15) is 0 Å². The van der Waals surface area contributed by atoms with Crippen LogP contribution >= 0.6 is 0 Å². The van der Waals surface area contributed by atoms with Crippen molar-refractivity contribution in [3.05, 3.63) is 114 Å². The summed E-state index contributed by atoms with van der Waals surface area (Å²) in [6, 6.07) is 20.9. The van der Waals surface area contributed by atoms with E-state index in [9.17, 15) is 24.3 Å². The summed E-state index contributed by atoms with van der Waals surface area (Å²) in [5.74, 6) is -0.124. The lowest BCUT2D eigenvalue weighted by Gasteiger charge is -2.55. The van der Waals surface area contributed by atoms with E-state index in [1.807, 2.05) is 54.7 Å². The molecular weight excluding hydrogens is 656 g/mol. The summed E-state index contributed by atoms with van der Waals surface area (Å²) in [4.78, 5) is 59.6. The van der Waals surface area contributed by atoms with Crippen molar-refractivity contribution in [2.45, 2.75) is 70.9 Å². The maximum absolute atomic E-state index is 14.7. The second kappa shape index (κ2) is 15.1. The van der Waals surface area contributed by atoms with Crippen LogP contribution in [0.5, 0.6) is 5.75 Å². The van der Waals surface area contributed by atoms with Crippen LogP contribution in [0.3, 0.4) is 0 Å². The number of carbonyl (C=O) groups excluding carboxylic acids is 4. The molecular formula is C41H46N6O5. The average molecular weight is 703 g/mol. The summed E-state index contributed by atoms with van der Waals surface area (Å²) in [7, 11) is 0. The first-order valence-electron chi connectivity index (χ1n) is 18.3. The zero-order valence-corrected chi connectivity index (χ0v) is 29.6. The number of ketones is 1. The van der Waals surface area contributed by atoms with E-state index in [2.05, 4.69) is 23.4 Å². The number of nitrogens with one attached hydrogen (secondary N) is 1. The molecule has 1 aromatic heterocycles. The highest BCUT2D eigenvalue weighted by molar-refractivity contribution is 6.10. The van der Waals surface area contributed by atoms with Crippen molar-refractivity contribution in [2.75, 3.05) is 19.6 Å². The summed E-state index contributed by atoms with van der Waals surface area (Å²) in [5.41, 5.74) is 4.28. The molecule has 3 aliphatic rings. The zero-order chi connectivity index (χ0) is 36.4. The number of carbonyl (C=O) groups is 4. The molecule has 4 amide bonds. The molecule has 1 aliphatic carbocycles. The normalized spacial score (nSPS) is 19.2. The highest BCUT2D eigenvalue weighted by Gasteiger charge is 2.51. The lowest BCUT2D eigenvalue weighted by Crippen LogP contribution is -2.76. The Hall–Kier alpha value is -5.42. The molecule has 2 N–H and O–H groups in total. The van der Waals surface area contributed by atoms with E-state index >= 15 is 0 Å². The molecule has 270 valence electrons.